The summed E-state index contributed by atoms with van der Waals surface area (Å²) in [5.41, 5.74) is 0.832. The Morgan fingerprint density at radius 2 is 1.93 bits per heavy atom. The fraction of sp³-hybridized carbons (Fsp3) is 0.389. The zero-order valence-corrected chi connectivity index (χ0v) is 16.2. The van der Waals surface area contributed by atoms with Gasteiger partial charge in [0.2, 0.25) is 0 Å². The van der Waals surface area contributed by atoms with Gasteiger partial charge in [0.05, 0.1) is 31.0 Å². The Morgan fingerprint density at radius 1 is 1.23 bits per heavy atom. The van der Waals surface area contributed by atoms with Crippen LogP contribution in [-0.2, 0) is 14.3 Å². The number of nitrogens with one attached hydrogen (secondary N) is 1. The van der Waals surface area contributed by atoms with Crippen molar-refractivity contribution in [3.05, 3.63) is 46.7 Å². The number of esters is 1. The third-order valence-corrected chi connectivity index (χ3v) is 4.40. The van der Waals surface area contributed by atoms with Crippen LogP contribution in [0, 0.1) is 11.6 Å². The van der Waals surface area contributed by atoms with Gasteiger partial charge in [-0.05, 0) is 24.1 Å². The second-order valence-electron chi connectivity index (χ2n) is 6.17. The first-order valence-corrected chi connectivity index (χ1v) is 8.73. The molecule has 0 saturated heterocycles. The third-order valence-electron chi connectivity index (χ3n) is 4.40. The lowest BCUT2D eigenvalue weighted by molar-refractivity contribution is -0.137. The standard InChI is InChI=1S/C18H21F2N3O7/c1-29-9-13-14(16(25)30-2)15(10-4-5-11(19)12(20)8-10)22(6-3-7-24)18(27)23(13)17(26)21-28/h4-5,8,15,24,28H,3,6-7,9H2,1-2H3,(H,21,26). The molecule has 1 heterocycles. The van der Waals surface area contributed by atoms with E-state index in [0.29, 0.717) is 4.90 Å². The highest BCUT2D eigenvalue weighted by atomic mass is 19.2. The van der Waals surface area contributed by atoms with Crippen LogP contribution in [0.25, 0.3) is 0 Å². The summed E-state index contributed by atoms with van der Waals surface area (Å²) in [5, 5.41) is 18.3. The average molecular weight is 429 g/mol. The number of benzene rings is 1. The van der Waals surface area contributed by atoms with Gasteiger partial charge in [-0.25, -0.2) is 33.5 Å². The van der Waals surface area contributed by atoms with Crippen LogP contribution in [0.2, 0.25) is 0 Å². The van der Waals surface area contributed by atoms with Crippen molar-refractivity contribution in [3.63, 3.8) is 0 Å². The molecule has 30 heavy (non-hydrogen) atoms. The Balaban J connectivity index is 2.82. The number of ether oxygens (including phenoxy) is 2. The number of hydroxylamine groups is 1. The molecule has 12 heteroatoms. The minimum Gasteiger partial charge on any atom is -0.466 e. The van der Waals surface area contributed by atoms with Crippen LogP contribution in [0.5, 0.6) is 0 Å². The monoisotopic (exact) mass is 429 g/mol. The van der Waals surface area contributed by atoms with Gasteiger partial charge in [-0.3, -0.25) is 5.21 Å². The zero-order chi connectivity index (χ0) is 22.4. The van der Waals surface area contributed by atoms with Gasteiger partial charge in [0.1, 0.15) is 0 Å². The number of nitrogens with zero attached hydrogens (tertiary/aromatic N) is 2. The number of carbonyl (C=O) groups is 3. The number of amides is 4. The average Bonchev–Trinajstić information content (AvgIpc) is 2.74. The van der Waals surface area contributed by atoms with Gasteiger partial charge in [-0.15, -0.1) is 0 Å². The van der Waals surface area contributed by atoms with E-state index in [0.717, 1.165) is 24.1 Å². The number of hydrogen-bond acceptors (Lipinski definition) is 7. The van der Waals surface area contributed by atoms with Crippen LogP contribution >= 0.6 is 0 Å². The Labute approximate surface area is 170 Å². The summed E-state index contributed by atoms with van der Waals surface area (Å²) in [6.45, 7) is -0.907. The molecule has 1 aliphatic rings. The molecule has 10 nitrogen and oxygen atoms in total. The summed E-state index contributed by atoms with van der Waals surface area (Å²) in [4.78, 5) is 39.4. The summed E-state index contributed by atoms with van der Waals surface area (Å²) >= 11 is 0. The molecule has 3 N–H and O–H groups in total. The third kappa shape index (κ3) is 4.40. The molecule has 0 fully saturated rings. The first kappa shape index (κ1) is 23.2. The molecule has 0 spiro atoms. The second kappa shape index (κ2) is 10.1. The largest absolute Gasteiger partial charge is 0.466 e. The number of rotatable bonds is 7. The first-order chi connectivity index (χ1) is 14.3. The van der Waals surface area contributed by atoms with Gasteiger partial charge in [0, 0.05) is 20.3 Å². The zero-order valence-electron chi connectivity index (χ0n) is 16.2. The highest BCUT2D eigenvalue weighted by Gasteiger charge is 2.45. The summed E-state index contributed by atoms with van der Waals surface area (Å²) in [5.74, 6) is -3.31. The quantitative estimate of drug-likeness (QED) is 0.339. The molecule has 4 amide bonds. The lowest BCUT2D eigenvalue weighted by Gasteiger charge is -2.42. The molecular weight excluding hydrogens is 408 g/mol. The molecule has 2 rings (SSSR count). The van der Waals surface area contributed by atoms with Gasteiger partial charge < -0.3 is 19.5 Å². The van der Waals surface area contributed by atoms with Crippen LogP contribution in [0.1, 0.15) is 18.0 Å². The Kier molecular flexibility index (Phi) is 7.80. The molecule has 0 radical (unpaired) electrons. The number of urea groups is 2. The maximum Gasteiger partial charge on any atom is 0.353 e. The number of methoxy groups -OCH3 is 2. The van der Waals surface area contributed by atoms with Crippen molar-refractivity contribution in [2.45, 2.75) is 12.5 Å². The van der Waals surface area contributed by atoms with E-state index in [1.165, 1.54) is 18.7 Å². The SMILES string of the molecule is COCC1=C(C(=O)OC)C(c2ccc(F)c(F)c2)N(CCCO)C(=O)N1C(=O)NO. The highest BCUT2D eigenvalue weighted by Crippen LogP contribution is 2.38. The van der Waals surface area contributed by atoms with Crippen LogP contribution < -0.4 is 5.48 Å². The summed E-state index contributed by atoms with van der Waals surface area (Å²) < 4.78 is 37.2. The van der Waals surface area contributed by atoms with Gasteiger partial charge >= 0.3 is 18.0 Å². The minimum atomic E-state index is -1.28. The summed E-state index contributed by atoms with van der Waals surface area (Å²) in [7, 11) is 2.30. The van der Waals surface area contributed by atoms with Gasteiger partial charge in [-0.2, -0.15) is 0 Å². The van der Waals surface area contributed by atoms with Gasteiger partial charge in [0.25, 0.3) is 0 Å². The Bertz CT molecular complexity index is 862. The Morgan fingerprint density at radius 3 is 2.47 bits per heavy atom. The molecule has 1 aromatic rings. The van der Waals surface area contributed by atoms with Crippen molar-refractivity contribution in [2.75, 3.05) is 34.0 Å². The second-order valence-corrected chi connectivity index (χ2v) is 6.17. The fourth-order valence-corrected chi connectivity index (χ4v) is 3.16. The molecule has 0 aromatic heterocycles. The number of aliphatic hydroxyl groups is 1. The molecule has 1 atom stereocenters. The van der Waals surface area contributed by atoms with Crippen molar-refractivity contribution in [1.82, 2.24) is 15.3 Å². The van der Waals surface area contributed by atoms with Crippen LogP contribution in [0.3, 0.4) is 0 Å². The molecule has 1 aromatic carbocycles. The fourth-order valence-electron chi connectivity index (χ4n) is 3.16. The maximum absolute atomic E-state index is 13.9. The van der Waals surface area contributed by atoms with Crippen molar-refractivity contribution >= 4 is 18.0 Å². The first-order valence-electron chi connectivity index (χ1n) is 8.73. The van der Waals surface area contributed by atoms with E-state index in [1.54, 1.807) is 0 Å². The van der Waals surface area contributed by atoms with E-state index >= 15 is 0 Å². The molecule has 0 saturated carbocycles. The number of imide groups is 1. The number of carbonyl (C=O) groups excluding carboxylic acids is 3. The lowest BCUT2D eigenvalue weighted by Crippen LogP contribution is -2.56. The van der Waals surface area contributed by atoms with E-state index < -0.39 is 42.3 Å². The van der Waals surface area contributed by atoms with Crippen molar-refractivity contribution < 1.29 is 43.0 Å². The number of halogens is 2. The Hall–Kier alpha value is -3.09. The summed E-state index contributed by atoms with van der Waals surface area (Å²) in [6.07, 6.45) is 0.0502. The number of hydrogen-bond donors (Lipinski definition) is 3. The van der Waals surface area contributed by atoms with Gasteiger partial charge in [0.15, 0.2) is 11.6 Å². The summed E-state index contributed by atoms with van der Waals surface area (Å²) in [6, 6.07) is -0.710. The normalized spacial score (nSPS) is 16.7. The lowest BCUT2D eigenvalue weighted by atomic mass is 9.92. The van der Waals surface area contributed by atoms with Crippen molar-refractivity contribution in [1.29, 1.82) is 0 Å². The maximum atomic E-state index is 13.9. The smallest absolute Gasteiger partial charge is 0.353 e. The molecule has 1 unspecified atom stereocenters. The van der Waals surface area contributed by atoms with Crippen LogP contribution in [-0.4, -0.2) is 72.1 Å². The van der Waals surface area contributed by atoms with Crippen molar-refractivity contribution in [2.24, 2.45) is 0 Å². The van der Waals surface area contributed by atoms with Crippen molar-refractivity contribution in [3.8, 4) is 0 Å². The molecular formula is C18H21F2N3O7. The predicted octanol–water partition coefficient (Wildman–Crippen LogP) is 1.30. The van der Waals surface area contributed by atoms with E-state index in [4.69, 9.17) is 14.7 Å². The van der Waals surface area contributed by atoms with E-state index in [1.807, 2.05) is 0 Å². The van der Waals surface area contributed by atoms with Crippen LogP contribution in [0.4, 0.5) is 18.4 Å². The number of aliphatic hydroxyl groups excluding tert-OH is 1. The molecule has 0 aliphatic carbocycles. The molecule has 164 valence electrons. The van der Waals surface area contributed by atoms with Gasteiger partial charge in [-0.1, -0.05) is 6.07 Å². The van der Waals surface area contributed by atoms with E-state index in [9.17, 15) is 28.3 Å². The highest BCUT2D eigenvalue weighted by molar-refractivity contribution is 6.02. The predicted molar refractivity (Wildman–Crippen MR) is 96.0 cm³/mol. The van der Waals surface area contributed by atoms with E-state index in [2.05, 4.69) is 0 Å². The van der Waals surface area contributed by atoms with E-state index in [-0.39, 0.29) is 36.4 Å². The molecule has 0 bridgehead atoms. The minimum absolute atomic E-state index is 0.0262. The topological polar surface area (TPSA) is 129 Å². The van der Waals surface area contributed by atoms with Crippen LogP contribution in [0.15, 0.2) is 29.5 Å². The molecule has 1 aliphatic heterocycles.